The molecule has 0 aliphatic carbocycles. The van der Waals surface area contributed by atoms with Crippen molar-refractivity contribution >= 4 is 10.1 Å². The molecule has 0 aliphatic heterocycles. The Balaban J connectivity index is 2.29. The molecule has 1 unspecified atom stereocenters. The van der Waals surface area contributed by atoms with Gasteiger partial charge in [0.05, 0.1) is 12.0 Å². The van der Waals surface area contributed by atoms with E-state index in [0.717, 1.165) is 6.42 Å². The fourth-order valence-electron chi connectivity index (χ4n) is 2.81. The molecule has 1 atom stereocenters. The van der Waals surface area contributed by atoms with Crippen molar-refractivity contribution in [2.75, 3.05) is 7.11 Å². The third kappa shape index (κ3) is 7.49. The Hall–Kier alpha value is -0.870. The van der Waals surface area contributed by atoms with Gasteiger partial charge < -0.3 is 0 Å². The van der Waals surface area contributed by atoms with E-state index in [1.165, 1.54) is 64.0 Å². The number of benzene rings is 1. The fourth-order valence-corrected chi connectivity index (χ4v) is 3.47. The Kier molecular flexibility index (Phi) is 9.49. The van der Waals surface area contributed by atoms with E-state index in [4.69, 9.17) is 0 Å². The molecule has 0 saturated heterocycles. The van der Waals surface area contributed by atoms with Gasteiger partial charge >= 0.3 is 0 Å². The Labute approximate surface area is 142 Å². The first kappa shape index (κ1) is 20.2. The quantitative estimate of drug-likeness (QED) is 0.364. The normalized spacial score (nSPS) is 13.2. The SMILES string of the molecule is CCCCCCCCCCC(C)c1ccc(S(=O)(=O)OC)cc1. The largest absolute Gasteiger partial charge is 0.296 e. The molecule has 23 heavy (non-hydrogen) atoms. The van der Waals surface area contributed by atoms with Crippen LogP contribution in [0.15, 0.2) is 29.2 Å². The third-order valence-electron chi connectivity index (χ3n) is 4.45. The molecule has 0 spiro atoms. The lowest BCUT2D eigenvalue weighted by molar-refractivity contribution is 0.397. The van der Waals surface area contributed by atoms with Crippen LogP contribution in [0, 0.1) is 0 Å². The highest BCUT2D eigenvalue weighted by atomic mass is 32.2. The third-order valence-corrected chi connectivity index (χ3v) is 5.74. The maximum atomic E-state index is 11.6. The van der Waals surface area contributed by atoms with Crippen molar-refractivity contribution in [1.29, 1.82) is 0 Å². The zero-order valence-electron chi connectivity index (χ0n) is 14.9. The van der Waals surface area contributed by atoms with E-state index >= 15 is 0 Å². The molecule has 0 fully saturated rings. The highest BCUT2D eigenvalue weighted by Gasteiger charge is 2.13. The molecule has 0 N–H and O–H groups in total. The van der Waals surface area contributed by atoms with Gasteiger partial charge in [0.2, 0.25) is 0 Å². The molecule has 0 heterocycles. The predicted octanol–water partition coefficient (Wildman–Crippen LogP) is 5.66. The molecule has 0 amide bonds. The number of hydrogen-bond acceptors (Lipinski definition) is 3. The molecule has 0 saturated carbocycles. The van der Waals surface area contributed by atoms with Crippen LogP contribution in [0.3, 0.4) is 0 Å². The van der Waals surface area contributed by atoms with Gasteiger partial charge in [-0.25, -0.2) is 0 Å². The zero-order valence-corrected chi connectivity index (χ0v) is 15.7. The lowest BCUT2D eigenvalue weighted by Crippen LogP contribution is -2.03. The van der Waals surface area contributed by atoms with Gasteiger partial charge in [0.15, 0.2) is 0 Å². The first-order valence-corrected chi connectivity index (χ1v) is 10.3. The summed E-state index contributed by atoms with van der Waals surface area (Å²) in [5.74, 6) is 0.467. The fraction of sp³-hybridized carbons (Fsp3) is 0.684. The van der Waals surface area contributed by atoms with Crippen molar-refractivity contribution in [2.24, 2.45) is 0 Å². The molecule has 132 valence electrons. The molecule has 0 radical (unpaired) electrons. The minimum absolute atomic E-state index is 0.225. The van der Waals surface area contributed by atoms with Crippen LogP contribution < -0.4 is 0 Å². The first-order valence-electron chi connectivity index (χ1n) is 8.92. The second-order valence-corrected chi connectivity index (χ2v) is 8.07. The standard InChI is InChI=1S/C19H32O3S/c1-4-5-6-7-8-9-10-11-12-17(2)18-13-15-19(16-14-18)23(20,21)22-3/h13-17H,4-12H2,1-3H3. The van der Waals surface area contributed by atoms with Gasteiger partial charge in [0.1, 0.15) is 0 Å². The van der Waals surface area contributed by atoms with E-state index in [1.807, 2.05) is 12.1 Å². The Morgan fingerprint density at radius 1 is 0.913 bits per heavy atom. The average Bonchev–Trinajstić information content (AvgIpc) is 2.57. The molecule has 3 nitrogen and oxygen atoms in total. The Morgan fingerprint density at radius 3 is 1.96 bits per heavy atom. The summed E-state index contributed by atoms with van der Waals surface area (Å²) >= 11 is 0. The molecular weight excluding hydrogens is 308 g/mol. The van der Waals surface area contributed by atoms with Gasteiger partial charge in [-0.15, -0.1) is 0 Å². The highest BCUT2D eigenvalue weighted by Crippen LogP contribution is 2.24. The van der Waals surface area contributed by atoms with E-state index in [1.54, 1.807) is 12.1 Å². The predicted molar refractivity (Wildman–Crippen MR) is 96.3 cm³/mol. The highest BCUT2D eigenvalue weighted by molar-refractivity contribution is 7.86. The van der Waals surface area contributed by atoms with Crippen LogP contribution in [-0.4, -0.2) is 15.5 Å². The topological polar surface area (TPSA) is 43.4 Å². The van der Waals surface area contributed by atoms with Gasteiger partial charge in [-0.2, -0.15) is 8.42 Å². The van der Waals surface area contributed by atoms with Crippen LogP contribution in [-0.2, 0) is 14.3 Å². The van der Waals surface area contributed by atoms with Crippen molar-refractivity contribution in [2.45, 2.75) is 82.4 Å². The molecule has 0 aromatic heterocycles. The van der Waals surface area contributed by atoms with Crippen molar-refractivity contribution in [3.63, 3.8) is 0 Å². The molecule has 4 heteroatoms. The van der Waals surface area contributed by atoms with E-state index < -0.39 is 10.1 Å². The molecule has 1 aromatic carbocycles. The molecule has 1 rings (SSSR count). The molecule has 0 bridgehead atoms. The van der Waals surface area contributed by atoms with Crippen LogP contribution in [0.25, 0.3) is 0 Å². The number of hydrogen-bond donors (Lipinski definition) is 0. The van der Waals surface area contributed by atoms with Gasteiger partial charge in [-0.1, -0.05) is 77.3 Å². The number of unbranched alkanes of at least 4 members (excludes halogenated alkanes) is 7. The maximum absolute atomic E-state index is 11.6. The van der Waals surface area contributed by atoms with Crippen LogP contribution in [0.1, 0.15) is 83.1 Å². The first-order chi connectivity index (χ1) is 11.0. The van der Waals surface area contributed by atoms with Crippen LogP contribution in [0.5, 0.6) is 0 Å². The number of rotatable bonds is 12. The van der Waals surface area contributed by atoms with Crippen molar-refractivity contribution < 1.29 is 12.6 Å². The lowest BCUT2D eigenvalue weighted by atomic mass is 9.95. The van der Waals surface area contributed by atoms with Gasteiger partial charge in [-0.05, 0) is 30.0 Å². The van der Waals surface area contributed by atoms with Crippen LogP contribution >= 0.6 is 0 Å². The van der Waals surface area contributed by atoms with Crippen molar-refractivity contribution in [3.05, 3.63) is 29.8 Å². The van der Waals surface area contributed by atoms with Gasteiger partial charge in [-0.3, -0.25) is 4.18 Å². The summed E-state index contributed by atoms with van der Waals surface area (Å²) < 4.78 is 27.7. The van der Waals surface area contributed by atoms with E-state index in [-0.39, 0.29) is 4.90 Å². The second kappa shape index (κ2) is 10.8. The van der Waals surface area contributed by atoms with E-state index in [2.05, 4.69) is 18.0 Å². The smallest absolute Gasteiger partial charge is 0.270 e. The molecular formula is C19H32O3S. The monoisotopic (exact) mass is 340 g/mol. The molecule has 0 aliphatic rings. The summed E-state index contributed by atoms with van der Waals surface area (Å²) in [7, 11) is -2.39. The minimum atomic E-state index is -3.57. The summed E-state index contributed by atoms with van der Waals surface area (Å²) in [6, 6.07) is 7.08. The summed E-state index contributed by atoms with van der Waals surface area (Å²) in [4.78, 5) is 0.225. The summed E-state index contributed by atoms with van der Waals surface area (Å²) in [6.07, 6.45) is 11.8. The zero-order chi connectivity index (χ0) is 17.1. The summed E-state index contributed by atoms with van der Waals surface area (Å²) in [5.41, 5.74) is 1.20. The van der Waals surface area contributed by atoms with Crippen molar-refractivity contribution in [3.8, 4) is 0 Å². The van der Waals surface area contributed by atoms with E-state index in [9.17, 15) is 8.42 Å². The van der Waals surface area contributed by atoms with Crippen LogP contribution in [0.4, 0.5) is 0 Å². The van der Waals surface area contributed by atoms with Gasteiger partial charge in [0, 0.05) is 0 Å². The summed E-state index contributed by atoms with van der Waals surface area (Å²) in [6.45, 7) is 4.46. The lowest BCUT2D eigenvalue weighted by Gasteiger charge is -2.12. The Bertz CT molecular complexity index is 520. The summed E-state index contributed by atoms with van der Waals surface area (Å²) in [5, 5.41) is 0. The Morgan fingerprint density at radius 2 is 1.43 bits per heavy atom. The van der Waals surface area contributed by atoms with Gasteiger partial charge in [0.25, 0.3) is 10.1 Å². The minimum Gasteiger partial charge on any atom is -0.270 e. The average molecular weight is 341 g/mol. The molecule has 1 aromatic rings. The second-order valence-electron chi connectivity index (χ2n) is 6.35. The van der Waals surface area contributed by atoms with Crippen LogP contribution in [0.2, 0.25) is 0 Å². The maximum Gasteiger partial charge on any atom is 0.296 e. The van der Waals surface area contributed by atoms with E-state index in [0.29, 0.717) is 5.92 Å². The van der Waals surface area contributed by atoms with Crippen molar-refractivity contribution in [1.82, 2.24) is 0 Å².